The van der Waals surface area contributed by atoms with Crippen LogP contribution in [0.3, 0.4) is 0 Å². The molecule has 1 N–H and O–H groups in total. The quantitative estimate of drug-likeness (QED) is 0.797. The molecule has 2 aromatic carbocycles. The molecule has 2 aliphatic rings. The van der Waals surface area contributed by atoms with E-state index in [1.165, 1.54) is 12.1 Å². The molecule has 0 aliphatic heterocycles. The molecule has 2 fully saturated rings. The van der Waals surface area contributed by atoms with Crippen molar-refractivity contribution in [3.8, 4) is 0 Å². The molecular formula is C22H26O5S2. The molecule has 156 valence electrons. The molecule has 0 unspecified atom stereocenters. The van der Waals surface area contributed by atoms with Gasteiger partial charge in [0, 0.05) is 0 Å². The van der Waals surface area contributed by atoms with E-state index < -0.39 is 35.8 Å². The summed E-state index contributed by atoms with van der Waals surface area (Å²) in [5.41, 5.74) is -1.38. The van der Waals surface area contributed by atoms with Gasteiger partial charge in [-0.15, -0.1) is 0 Å². The molecule has 0 aromatic heterocycles. The van der Waals surface area contributed by atoms with E-state index in [2.05, 4.69) is 0 Å². The summed E-state index contributed by atoms with van der Waals surface area (Å²) >= 11 is 0. The van der Waals surface area contributed by atoms with Gasteiger partial charge in [-0.25, -0.2) is 16.8 Å². The zero-order valence-corrected chi connectivity index (χ0v) is 17.8. The Morgan fingerprint density at radius 2 is 1.31 bits per heavy atom. The number of hydrogen-bond donors (Lipinski definition) is 1. The number of hydrogen-bond acceptors (Lipinski definition) is 5. The number of rotatable bonds is 4. The lowest BCUT2D eigenvalue weighted by molar-refractivity contribution is -0.0699. The molecule has 5 nitrogen and oxygen atoms in total. The van der Waals surface area contributed by atoms with Crippen LogP contribution in [0.25, 0.3) is 0 Å². The van der Waals surface area contributed by atoms with Crippen LogP contribution in [-0.4, -0.2) is 38.0 Å². The van der Waals surface area contributed by atoms with Crippen molar-refractivity contribution in [2.24, 2.45) is 5.92 Å². The molecule has 4 rings (SSSR count). The van der Waals surface area contributed by atoms with E-state index in [1.54, 1.807) is 48.5 Å². The van der Waals surface area contributed by atoms with Crippen LogP contribution < -0.4 is 0 Å². The van der Waals surface area contributed by atoms with Crippen LogP contribution >= 0.6 is 0 Å². The van der Waals surface area contributed by atoms with Crippen LogP contribution in [0.2, 0.25) is 0 Å². The summed E-state index contributed by atoms with van der Waals surface area (Å²) < 4.78 is 53.6. The number of fused-ring (bicyclic) bond motifs is 1. The Morgan fingerprint density at radius 3 is 1.90 bits per heavy atom. The molecule has 0 amide bonds. The van der Waals surface area contributed by atoms with Crippen molar-refractivity contribution in [1.29, 1.82) is 0 Å². The number of benzene rings is 2. The second-order valence-electron chi connectivity index (χ2n) is 8.23. The van der Waals surface area contributed by atoms with Gasteiger partial charge in [-0.1, -0.05) is 49.2 Å². The van der Waals surface area contributed by atoms with Crippen molar-refractivity contribution >= 4 is 19.7 Å². The Balaban J connectivity index is 1.78. The van der Waals surface area contributed by atoms with E-state index >= 15 is 0 Å². The summed E-state index contributed by atoms with van der Waals surface area (Å²) in [6.45, 7) is 0. The smallest absolute Gasteiger partial charge is 0.184 e. The largest absolute Gasteiger partial charge is 0.388 e. The molecule has 29 heavy (non-hydrogen) atoms. The van der Waals surface area contributed by atoms with Crippen molar-refractivity contribution in [3.63, 3.8) is 0 Å². The van der Waals surface area contributed by atoms with Gasteiger partial charge in [-0.3, -0.25) is 0 Å². The van der Waals surface area contributed by atoms with Crippen molar-refractivity contribution in [1.82, 2.24) is 0 Å². The Morgan fingerprint density at radius 1 is 0.759 bits per heavy atom. The van der Waals surface area contributed by atoms with Gasteiger partial charge in [0.25, 0.3) is 0 Å². The lowest BCUT2D eigenvalue weighted by Crippen LogP contribution is -2.59. The average molecular weight is 435 g/mol. The molecule has 7 heteroatoms. The fourth-order valence-electron chi connectivity index (χ4n) is 5.08. The molecule has 0 saturated heterocycles. The van der Waals surface area contributed by atoms with E-state index in [0.29, 0.717) is 19.3 Å². The zero-order valence-electron chi connectivity index (χ0n) is 16.1. The summed E-state index contributed by atoms with van der Waals surface area (Å²) in [4.78, 5) is 0.350. The summed E-state index contributed by atoms with van der Waals surface area (Å²) in [5.74, 6) is -0.336. The zero-order chi connectivity index (χ0) is 20.7. The summed E-state index contributed by atoms with van der Waals surface area (Å²) in [6.07, 6.45) is 2.90. The van der Waals surface area contributed by atoms with Gasteiger partial charge in [-0.2, -0.15) is 0 Å². The van der Waals surface area contributed by atoms with Gasteiger partial charge in [-0.05, 0) is 55.9 Å². The minimum atomic E-state index is -3.88. The highest BCUT2D eigenvalue weighted by atomic mass is 32.2. The van der Waals surface area contributed by atoms with Crippen molar-refractivity contribution in [2.75, 3.05) is 0 Å². The third kappa shape index (κ3) is 3.53. The van der Waals surface area contributed by atoms with Crippen molar-refractivity contribution in [3.05, 3.63) is 60.7 Å². The highest BCUT2D eigenvalue weighted by Crippen LogP contribution is 2.49. The van der Waals surface area contributed by atoms with Gasteiger partial charge in [0.15, 0.2) is 19.7 Å². The lowest BCUT2D eigenvalue weighted by Gasteiger charge is -2.50. The molecule has 0 spiro atoms. The molecule has 0 radical (unpaired) electrons. The monoisotopic (exact) mass is 434 g/mol. The Labute approximate surface area is 172 Å². The fourth-order valence-corrected chi connectivity index (χ4v) is 9.25. The maximum Gasteiger partial charge on any atom is 0.184 e. The standard InChI is InChI=1S/C22H26O5S2/c23-22-14-8-7-9-17(22)15-20(28(24,25)18-10-3-1-4-11-18)16-21(22)29(26,27)19-12-5-2-6-13-19/h1-6,10-13,17,20-21,23H,7-9,14-16H2/t17-,20+,21+,22-/m1/s1. The second kappa shape index (κ2) is 7.52. The summed E-state index contributed by atoms with van der Waals surface area (Å²) in [6, 6.07) is 16.3. The van der Waals surface area contributed by atoms with Gasteiger partial charge < -0.3 is 5.11 Å². The Hall–Kier alpha value is -1.70. The van der Waals surface area contributed by atoms with Crippen LogP contribution in [0.1, 0.15) is 38.5 Å². The number of aliphatic hydroxyl groups is 1. The van der Waals surface area contributed by atoms with Crippen molar-refractivity contribution in [2.45, 2.75) is 64.4 Å². The normalized spacial score (nSPS) is 30.4. The molecule has 0 heterocycles. The predicted molar refractivity (Wildman–Crippen MR) is 111 cm³/mol. The fraction of sp³-hybridized carbons (Fsp3) is 0.455. The maximum atomic E-state index is 13.5. The van der Waals surface area contributed by atoms with Crippen LogP contribution in [0.4, 0.5) is 0 Å². The predicted octanol–water partition coefficient (Wildman–Crippen LogP) is 3.39. The minimum Gasteiger partial charge on any atom is -0.388 e. The molecule has 0 bridgehead atoms. The first-order chi connectivity index (χ1) is 13.8. The van der Waals surface area contributed by atoms with E-state index in [0.717, 1.165) is 12.8 Å². The third-order valence-electron chi connectivity index (χ3n) is 6.63. The molecular weight excluding hydrogens is 408 g/mol. The molecule has 2 aromatic rings. The van der Waals surface area contributed by atoms with Gasteiger partial charge in [0.1, 0.15) is 0 Å². The van der Waals surface area contributed by atoms with E-state index in [9.17, 15) is 21.9 Å². The summed E-state index contributed by atoms with van der Waals surface area (Å²) in [7, 11) is -7.57. The van der Waals surface area contributed by atoms with Crippen LogP contribution in [0, 0.1) is 5.92 Å². The molecule has 2 aliphatic carbocycles. The first-order valence-corrected chi connectivity index (χ1v) is 13.2. The second-order valence-corrected chi connectivity index (χ2v) is 12.6. The van der Waals surface area contributed by atoms with Gasteiger partial charge in [0.05, 0.1) is 25.9 Å². The first kappa shape index (κ1) is 20.6. The van der Waals surface area contributed by atoms with Crippen LogP contribution in [-0.2, 0) is 19.7 Å². The van der Waals surface area contributed by atoms with Gasteiger partial charge in [0.2, 0.25) is 0 Å². The SMILES string of the molecule is O=S(=O)(c1ccccc1)[C@H]1C[C@H]2CCCC[C@]2(O)[C@@H](S(=O)(=O)c2ccccc2)C1. The van der Waals surface area contributed by atoms with E-state index in [4.69, 9.17) is 0 Å². The number of sulfone groups is 2. The Bertz CT molecular complexity index is 1060. The van der Waals surface area contributed by atoms with Crippen LogP contribution in [0.5, 0.6) is 0 Å². The Kier molecular flexibility index (Phi) is 5.34. The summed E-state index contributed by atoms with van der Waals surface area (Å²) in [5, 5.41) is 9.58. The maximum absolute atomic E-state index is 13.5. The van der Waals surface area contributed by atoms with Crippen molar-refractivity contribution < 1.29 is 21.9 Å². The topological polar surface area (TPSA) is 88.5 Å². The lowest BCUT2D eigenvalue weighted by atomic mass is 9.67. The third-order valence-corrected chi connectivity index (χ3v) is 11.1. The minimum absolute atomic E-state index is 0.0819. The average Bonchev–Trinajstić information content (AvgIpc) is 2.73. The first-order valence-electron chi connectivity index (χ1n) is 10.1. The van der Waals surface area contributed by atoms with Crippen LogP contribution in [0.15, 0.2) is 70.5 Å². The molecule has 4 atom stereocenters. The van der Waals surface area contributed by atoms with E-state index in [1.807, 2.05) is 0 Å². The van der Waals surface area contributed by atoms with E-state index in [-0.39, 0.29) is 22.1 Å². The molecule has 2 saturated carbocycles. The highest BCUT2D eigenvalue weighted by molar-refractivity contribution is 7.93. The van der Waals surface area contributed by atoms with Gasteiger partial charge >= 0.3 is 0 Å². The highest BCUT2D eigenvalue weighted by Gasteiger charge is 2.57.